The molecular formula is C11H20N2O5S. The molecule has 1 saturated heterocycles. The van der Waals surface area contributed by atoms with Gasteiger partial charge in [0.15, 0.2) is 0 Å². The number of sulfonamides is 1. The van der Waals surface area contributed by atoms with Crippen molar-refractivity contribution in [3.63, 3.8) is 0 Å². The van der Waals surface area contributed by atoms with Gasteiger partial charge in [-0.3, -0.25) is 14.9 Å². The lowest BCUT2D eigenvalue weighted by Gasteiger charge is -2.38. The van der Waals surface area contributed by atoms with Crippen LogP contribution < -0.4 is 5.32 Å². The average molecular weight is 292 g/mol. The van der Waals surface area contributed by atoms with E-state index in [9.17, 15) is 18.0 Å². The number of rotatable bonds is 5. The topological polar surface area (TPSA) is 92.8 Å². The molecule has 1 fully saturated rings. The first-order chi connectivity index (χ1) is 8.57. The third-order valence-corrected chi connectivity index (χ3v) is 4.79. The number of nitrogens with zero attached hydrogens (tertiary/aromatic N) is 1. The van der Waals surface area contributed by atoms with Crippen LogP contribution in [0.4, 0.5) is 0 Å². The molecule has 0 radical (unpaired) electrons. The van der Waals surface area contributed by atoms with E-state index in [1.54, 1.807) is 13.8 Å². The number of piperazine rings is 1. The van der Waals surface area contributed by atoms with Crippen molar-refractivity contribution < 1.29 is 22.7 Å². The number of amides is 2. The first kappa shape index (κ1) is 16.1. The molecule has 0 saturated carbocycles. The zero-order valence-corrected chi connectivity index (χ0v) is 12.4. The standard InChI is InChI=1S/C11H20N2O5S/c1-8(2)18-5-6-19(16,17)13-7-9(14)12-10(15)11(13,3)4/h8H,5-7H2,1-4H3,(H,12,14,15). The number of ether oxygens (including phenoxy) is 1. The molecule has 0 spiro atoms. The van der Waals surface area contributed by atoms with E-state index in [1.807, 2.05) is 0 Å². The lowest BCUT2D eigenvalue weighted by molar-refractivity contribution is -0.141. The summed E-state index contributed by atoms with van der Waals surface area (Å²) in [6.45, 7) is 6.22. The van der Waals surface area contributed by atoms with Gasteiger partial charge in [-0.15, -0.1) is 0 Å². The summed E-state index contributed by atoms with van der Waals surface area (Å²) in [5.41, 5.74) is -1.27. The van der Waals surface area contributed by atoms with E-state index in [0.29, 0.717) is 0 Å². The van der Waals surface area contributed by atoms with Gasteiger partial charge in [0.2, 0.25) is 21.8 Å². The van der Waals surface area contributed by atoms with Crippen LogP contribution in [-0.4, -0.2) is 55.1 Å². The van der Waals surface area contributed by atoms with Crippen LogP contribution in [0.1, 0.15) is 27.7 Å². The summed E-state index contributed by atoms with van der Waals surface area (Å²) >= 11 is 0. The van der Waals surface area contributed by atoms with Crippen LogP contribution in [0.3, 0.4) is 0 Å². The van der Waals surface area contributed by atoms with Gasteiger partial charge in [-0.25, -0.2) is 8.42 Å². The zero-order valence-electron chi connectivity index (χ0n) is 11.6. The fourth-order valence-corrected chi connectivity index (χ4v) is 3.33. The molecule has 7 nitrogen and oxygen atoms in total. The SMILES string of the molecule is CC(C)OCCS(=O)(=O)N1CC(=O)NC(=O)C1(C)C. The van der Waals surface area contributed by atoms with Crippen molar-refractivity contribution in [2.75, 3.05) is 18.9 Å². The van der Waals surface area contributed by atoms with E-state index in [-0.39, 0.29) is 25.0 Å². The lowest BCUT2D eigenvalue weighted by atomic mass is 10.0. The van der Waals surface area contributed by atoms with Crippen LogP contribution >= 0.6 is 0 Å². The zero-order chi connectivity index (χ0) is 14.8. The van der Waals surface area contributed by atoms with Crippen molar-refractivity contribution in [3.05, 3.63) is 0 Å². The van der Waals surface area contributed by atoms with Gasteiger partial charge in [0.05, 0.1) is 25.0 Å². The Balaban J connectivity index is 2.86. The number of carbonyl (C=O) groups excluding carboxylic acids is 2. The minimum absolute atomic E-state index is 0.0301. The Morgan fingerprint density at radius 3 is 2.47 bits per heavy atom. The van der Waals surface area contributed by atoms with Crippen molar-refractivity contribution in [1.29, 1.82) is 0 Å². The third-order valence-electron chi connectivity index (χ3n) is 2.85. The highest BCUT2D eigenvalue weighted by molar-refractivity contribution is 7.89. The molecule has 1 aliphatic heterocycles. The number of imide groups is 1. The number of carbonyl (C=O) groups is 2. The molecule has 0 aromatic rings. The molecule has 8 heteroatoms. The molecule has 0 unspecified atom stereocenters. The van der Waals surface area contributed by atoms with Crippen LogP contribution in [0, 0.1) is 0 Å². The smallest absolute Gasteiger partial charge is 0.247 e. The summed E-state index contributed by atoms with van der Waals surface area (Å²) in [4.78, 5) is 23.0. The quantitative estimate of drug-likeness (QED) is 0.688. The van der Waals surface area contributed by atoms with Crippen molar-refractivity contribution in [2.45, 2.75) is 39.3 Å². The summed E-state index contributed by atoms with van der Waals surface area (Å²) in [6.07, 6.45) is -0.0745. The summed E-state index contributed by atoms with van der Waals surface area (Å²) in [5.74, 6) is -1.48. The molecule has 1 N–H and O–H groups in total. The summed E-state index contributed by atoms with van der Waals surface area (Å²) < 4.78 is 30.5. The Morgan fingerprint density at radius 2 is 1.95 bits per heavy atom. The second-order valence-electron chi connectivity index (χ2n) is 5.18. The monoisotopic (exact) mass is 292 g/mol. The van der Waals surface area contributed by atoms with Gasteiger partial charge >= 0.3 is 0 Å². The molecule has 2 amide bonds. The van der Waals surface area contributed by atoms with Gasteiger partial charge < -0.3 is 4.74 Å². The lowest BCUT2D eigenvalue weighted by Crippen LogP contribution is -2.65. The minimum Gasteiger partial charge on any atom is -0.378 e. The van der Waals surface area contributed by atoms with E-state index in [1.165, 1.54) is 13.8 Å². The highest BCUT2D eigenvalue weighted by Gasteiger charge is 2.46. The van der Waals surface area contributed by atoms with Crippen LogP contribution in [0.25, 0.3) is 0 Å². The van der Waals surface area contributed by atoms with Crippen molar-refractivity contribution >= 4 is 21.8 Å². The molecular weight excluding hydrogens is 272 g/mol. The van der Waals surface area contributed by atoms with E-state index < -0.39 is 27.4 Å². The van der Waals surface area contributed by atoms with Crippen LogP contribution in [-0.2, 0) is 24.3 Å². The molecule has 0 bridgehead atoms. The molecule has 0 aliphatic carbocycles. The normalized spacial score (nSPS) is 20.7. The fourth-order valence-electron chi connectivity index (χ4n) is 1.71. The summed E-state index contributed by atoms with van der Waals surface area (Å²) in [6, 6.07) is 0. The Bertz CT molecular complexity index is 469. The van der Waals surface area contributed by atoms with E-state index >= 15 is 0 Å². The maximum absolute atomic E-state index is 12.2. The third kappa shape index (κ3) is 3.74. The van der Waals surface area contributed by atoms with Gasteiger partial charge in [-0.1, -0.05) is 0 Å². The van der Waals surface area contributed by atoms with Crippen LogP contribution in [0.2, 0.25) is 0 Å². The molecule has 1 aliphatic rings. The average Bonchev–Trinajstić information content (AvgIpc) is 2.22. The predicted octanol–water partition coefficient (Wildman–Crippen LogP) is -0.522. The van der Waals surface area contributed by atoms with Crippen LogP contribution in [0.15, 0.2) is 0 Å². The molecule has 1 heterocycles. The first-order valence-corrected chi connectivity index (χ1v) is 7.64. The van der Waals surface area contributed by atoms with Crippen LogP contribution in [0.5, 0.6) is 0 Å². The van der Waals surface area contributed by atoms with Gasteiger partial charge in [-0.2, -0.15) is 4.31 Å². The van der Waals surface area contributed by atoms with E-state index in [2.05, 4.69) is 5.32 Å². The Hall–Kier alpha value is -0.990. The molecule has 0 aromatic heterocycles. The molecule has 19 heavy (non-hydrogen) atoms. The second-order valence-corrected chi connectivity index (χ2v) is 7.19. The Labute approximate surface area is 113 Å². The van der Waals surface area contributed by atoms with Crippen molar-refractivity contribution in [2.24, 2.45) is 0 Å². The Kier molecular flexibility index (Phi) is 4.70. The highest BCUT2D eigenvalue weighted by atomic mass is 32.2. The first-order valence-electron chi connectivity index (χ1n) is 6.04. The maximum atomic E-state index is 12.2. The number of hydrogen-bond donors (Lipinski definition) is 1. The van der Waals surface area contributed by atoms with Gasteiger partial charge in [-0.05, 0) is 27.7 Å². The minimum atomic E-state index is -3.73. The van der Waals surface area contributed by atoms with Gasteiger partial charge in [0, 0.05) is 0 Å². The second kappa shape index (κ2) is 5.56. The molecule has 110 valence electrons. The van der Waals surface area contributed by atoms with E-state index in [4.69, 9.17) is 4.74 Å². The summed E-state index contributed by atoms with van der Waals surface area (Å²) in [5, 5.41) is 2.13. The van der Waals surface area contributed by atoms with Crippen molar-refractivity contribution in [1.82, 2.24) is 9.62 Å². The maximum Gasteiger partial charge on any atom is 0.247 e. The number of hydrogen-bond acceptors (Lipinski definition) is 5. The largest absolute Gasteiger partial charge is 0.378 e. The summed E-state index contributed by atoms with van der Waals surface area (Å²) in [7, 11) is -3.73. The molecule has 1 rings (SSSR count). The van der Waals surface area contributed by atoms with Gasteiger partial charge in [0.25, 0.3) is 0 Å². The van der Waals surface area contributed by atoms with Crippen molar-refractivity contribution in [3.8, 4) is 0 Å². The molecule has 0 atom stereocenters. The predicted molar refractivity (Wildman–Crippen MR) is 68.8 cm³/mol. The van der Waals surface area contributed by atoms with E-state index in [0.717, 1.165) is 4.31 Å². The Morgan fingerprint density at radius 1 is 1.37 bits per heavy atom. The van der Waals surface area contributed by atoms with Gasteiger partial charge in [0.1, 0.15) is 5.54 Å². The highest BCUT2D eigenvalue weighted by Crippen LogP contribution is 2.22. The fraction of sp³-hybridized carbons (Fsp3) is 0.818. The molecule has 0 aromatic carbocycles. The number of nitrogens with one attached hydrogen (secondary N) is 1.